The summed E-state index contributed by atoms with van der Waals surface area (Å²) in [6.45, 7) is 1.86. The summed E-state index contributed by atoms with van der Waals surface area (Å²) in [7, 11) is 1.50. The van der Waals surface area contributed by atoms with Gasteiger partial charge in [-0.15, -0.1) is 0 Å². The highest BCUT2D eigenvalue weighted by Crippen LogP contribution is 2.33. The average molecular weight is 439 g/mol. The van der Waals surface area contributed by atoms with E-state index in [1.54, 1.807) is 18.2 Å². The smallest absolute Gasteiger partial charge is 0.286 e. The zero-order valence-electron chi connectivity index (χ0n) is 16.3. The fourth-order valence-electron chi connectivity index (χ4n) is 3.60. The molecule has 6 nitrogen and oxygen atoms in total. The molecule has 0 unspecified atom stereocenters. The predicted molar refractivity (Wildman–Crippen MR) is 112 cm³/mol. The van der Waals surface area contributed by atoms with E-state index < -0.39 is 5.91 Å². The number of benzene rings is 1. The molecule has 0 radical (unpaired) electrons. The van der Waals surface area contributed by atoms with Gasteiger partial charge in [-0.05, 0) is 49.4 Å². The van der Waals surface area contributed by atoms with Gasteiger partial charge in [0.1, 0.15) is 5.76 Å². The third kappa shape index (κ3) is 5.13. The van der Waals surface area contributed by atoms with Crippen molar-refractivity contribution in [3.05, 3.63) is 57.0 Å². The highest BCUT2D eigenvalue weighted by molar-refractivity contribution is 6.34. The van der Waals surface area contributed by atoms with Crippen molar-refractivity contribution in [1.29, 1.82) is 0 Å². The van der Waals surface area contributed by atoms with Gasteiger partial charge in [-0.2, -0.15) is 0 Å². The summed E-state index contributed by atoms with van der Waals surface area (Å²) >= 11 is 12.2. The largest absolute Gasteiger partial charge is 0.454 e. The first-order chi connectivity index (χ1) is 13.8. The summed E-state index contributed by atoms with van der Waals surface area (Å²) in [5.41, 5.74) is 1.08. The molecule has 1 aromatic carbocycles. The van der Waals surface area contributed by atoms with Gasteiger partial charge < -0.3 is 20.2 Å². The van der Waals surface area contributed by atoms with E-state index in [0.29, 0.717) is 47.1 Å². The number of nitrogens with one attached hydrogen (secondary N) is 2. The molecular formula is C21H24Cl2N2O4. The van der Waals surface area contributed by atoms with Crippen molar-refractivity contribution in [1.82, 2.24) is 10.6 Å². The van der Waals surface area contributed by atoms with Crippen LogP contribution in [0.25, 0.3) is 0 Å². The molecule has 29 heavy (non-hydrogen) atoms. The summed E-state index contributed by atoms with van der Waals surface area (Å²) in [6, 6.07) is 6.58. The number of hydrogen-bond acceptors (Lipinski definition) is 4. The van der Waals surface area contributed by atoms with Crippen LogP contribution in [0.4, 0.5) is 0 Å². The van der Waals surface area contributed by atoms with Crippen LogP contribution in [0.1, 0.15) is 70.8 Å². The number of carbonyl (C=O) groups is 2. The molecule has 0 spiro atoms. The van der Waals surface area contributed by atoms with Crippen LogP contribution in [0.5, 0.6) is 0 Å². The standard InChI is InChI=1S/C21H24Cl2N2O4/c1-11(12-7-13(22)9-14(23)8-12)19-17(10-18(29-19)21(28)24-2)20(27)25-15-3-5-16(26)6-4-15/h7-11,15-16,26H,3-6H2,1-2H3,(H,24,28)(H,25,27)/t11-,15?,16?/m0/s1. The van der Waals surface area contributed by atoms with E-state index in [2.05, 4.69) is 10.6 Å². The lowest BCUT2D eigenvalue weighted by molar-refractivity contribution is 0.0864. The first kappa shape index (κ1) is 21.7. The molecule has 2 aromatic rings. The molecule has 2 amide bonds. The number of aliphatic hydroxyl groups excluding tert-OH is 1. The maximum atomic E-state index is 13.0. The lowest BCUT2D eigenvalue weighted by Crippen LogP contribution is -2.38. The van der Waals surface area contributed by atoms with Crippen LogP contribution in [0.15, 0.2) is 28.7 Å². The number of hydrogen-bond donors (Lipinski definition) is 3. The number of amides is 2. The molecule has 156 valence electrons. The van der Waals surface area contributed by atoms with E-state index in [9.17, 15) is 14.7 Å². The minimum atomic E-state index is -0.414. The molecule has 1 fully saturated rings. The molecule has 1 heterocycles. The molecule has 1 aliphatic carbocycles. The van der Waals surface area contributed by atoms with Crippen molar-refractivity contribution in [2.45, 2.75) is 50.7 Å². The lowest BCUT2D eigenvalue weighted by Gasteiger charge is -2.26. The normalized spacial score (nSPS) is 20.2. The second-order valence-corrected chi connectivity index (χ2v) is 8.24. The molecule has 1 saturated carbocycles. The number of furan rings is 1. The zero-order chi connectivity index (χ0) is 21.1. The van der Waals surface area contributed by atoms with Crippen LogP contribution < -0.4 is 10.6 Å². The number of carbonyl (C=O) groups excluding carboxylic acids is 2. The Hall–Kier alpha value is -2.02. The fraction of sp³-hybridized carbons (Fsp3) is 0.429. The second kappa shape index (κ2) is 9.20. The minimum absolute atomic E-state index is 0.0204. The van der Waals surface area contributed by atoms with Crippen molar-refractivity contribution in [3.63, 3.8) is 0 Å². The van der Waals surface area contributed by atoms with Gasteiger partial charge in [0.05, 0.1) is 11.7 Å². The summed E-state index contributed by atoms with van der Waals surface area (Å²) < 4.78 is 5.79. The molecule has 3 rings (SSSR count). The van der Waals surface area contributed by atoms with Crippen molar-refractivity contribution in [2.24, 2.45) is 0 Å². The van der Waals surface area contributed by atoms with Crippen molar-refractivity contribution < 1.29 is 19.1 Å². The minimum Gasteiger partial charge on any atom is -0.454 e. The van der Waals surface area contributed by atoms with Crippen LogP contribution in [-0.2, 0) is 0 Å². The van der Waals surface area contributed by atoms with E-state index >= 15 is 0 Å². The number of aliphatic hydroxyl groups is 1. The monoisotopic (exact) mass is 438 g/mol. The van der Waals surface area contributed by atoms with E-state index in [-0.39, 0.29) is 29.7 Å². The lowest BCUT2D eigenvalue weighted by atomic mass is 9.92. The maximum absolute atomic E-state index is 13.0. The second-order valence-electron chi connectivity index (χ2n) is 7.37. The fourth-order valence-corrected chi connectivity index (χ4v) is 4.14. The van der Waals surface area contributed by atoms with Gasteiger partial charge >= 0.3 is 0 Å². The molecule has 0 aliphatic heterocycles. The Balaban J connectivity index is 1.91. The Bertz CT molecular complexity index is 884. The van der Waals surface area contributed by atoms with Gasteiger partial charge in [0, 0.05) is 35.1 Å². The highest BCUT2D eigenvalue weighted by Gasteiger charge is 2.28. The third-order valence-electron chi connectivity index (χ3n) is 5.27. The van der Waals surface area contributed by atoms with Crippen LogP contribution in [0.3, 0.4) is 0 Å². The van der Waals surface area contributed by atoms with E-state index in [1.807, 2.05) is 6.92 Å². The van der Waals surface area contributed by atoms with Gasteiger partial charge in [0.15, 0.2) is 5.76 Å². The summed E-state index contributed by atoms with van der Waals surface area (Å²) in [6.07, 6.45) is 2.43. The number of rotatable bonds is 5. The molecule has 0 bridgehead atoms. The topological polar surface area (TPSA) is 91.6 Å². The molecule has 1 atom stereocenters. The highest BCUT2D eigenvalue weighted by atomic mass is 35.5. The molecule has 1 aliphatic rings. The molecule has 8 heteroatoms. The van der Waals surface area contributed by atoms with Crippen molar-refractivity contribution >= 4 is 35.0 Å². The Morgan fingerprint density at radius 3 is 2.28 bits per heavy atom. The van der Waals surface area contributed by atoms with Gasteiger partial charge in [-0.25, -0.2) is 0 Å². The van der Waals surface area contributed by atoms with Gasteiger partial charge in [0.25, 0.3) is 11.8 Å². The van der Waals surface area contributed by atoms with Crippen LogP contribution in [-0.4, -0.2) is 36.1 Å². The van der Waals surface area contributed by atoms with Crippen LogP contribution >= 0.6 is 23.2 Å². The van der Waals surface area contributed by atoms with Crippen LogP contribution in [0.2, 0.25) is 10.0 Å². The quantitative estimate of drug-likeness (QED) is 0.654. The average Bonchev–Trinajstić information content (AvgIpc) is 3.13. The van der Waals surface area contributed by atoms with E-state index in [0.717, 1.165) is 5.56 Å². The molecule has 0 saturated heterocycles. The summed E-state index contributed by atoms with van der Waals surface area (Å²) in [4.78, 5) is 25.1. The van der Waals surface area contributed by atoms with Gasteiger partial charge in [0.2, 0.25) is 0 Å². The summed E-state index contributed by atoms with van der Waals surface area (Å²) in [5, 5.41) is 16.1. The maximum Gasteiger partial charge on any atom is 0.286 e. The van der Waals surface area contributed by atoms with E-state index in [4.69, 9.17) is 27.6 Å². The SMILES string of the molecule is CNC(=O)c1cc(C(=O)NC2CCC(O)CC2)c([C@@H](C)c2cc(Cl)cc(Cl)c2)o1. The Morgan fingerprint density at radius 2 is 1.69 bits per heavy atom. The number of halogens is 2. The van der Waals surface area contributed by atoms with Crippen molar-refractivity contribution in [3.8, 4) is 0 Å². The molecular weight excluding hydrogens is 415 g/mol. The first-order valence-electron chi connectivity index (χ1n) is 9.59. The molecule has 1 aromatic heterocycles. The van der Waals surface area contributed by atoms with Gasteiger partial charge in [-0.3, -0.25) is 9.59 Å². The third-order valence-corrected chi connectivity index (χ3v) is 5.70. The molecule has 3 N–H and O–H groups in total. The Morgan fingerprint density at radius 1 is 1.07 bits per heavy atom. The predicted octanol–water partition coefficient (Wildman–Crippen LogP) is 4.13. The Labute approximate surface area is 179 Å². The van der Waals surface area contributed by atoms with Gasteiger partial charge in [-0.1, -0.05) is 30.1 Å². The Kier molecular flexibility index (Phi) is 6.88. The summed E-state index contributed by atoms with van der Waals surface area (Å²) in [5.74, 6) is -0.636. The first-order valence-corrected chi connectivity index (χ1v) is 10.3. The van der Waals surface area contributed by atoms with Crippen LogP contribution in [0, 0.1) is 0 Å². The zero-order valence-corrected chi connectivity index (χ0v) is 17.8. The van der Waals surface area contributed by atoms with Crippen molar-refractivity contribution in [2.75, 3.05) is 7.05 Å². The van der Waals surface area contributed by atoms with E-state index in [1.165, 1.54) is 13.1 Å².